The lowest BCUT2D eigenvalue weighted by molar-refractivity contribution is -0.143. The van der Waals surface area contributed by atoms with Crippen LogP contribution in [0.1, 0.15) is 26.2 Å². The summed E-state index contributed by atoms with van der Waals surface area (Å²) in [5.74, 6) is 0.894. The minimum absolute atomic E-state index is 0. The van der Waals surface area contributed by atoms with Gasteiger partial charge in [-0.3, -0.25) is 9.89 Å². The van der Waals surface area contributed by atoms with Crippen molar-refractivity contribution < 1.29 is 17.9 Å². The van der Waals surface area contributed by atoms with Crippen LogP contribution >= 0.6 is 24.0 Å². The van der Waals surface area contributed by atoms with E-state index in [9.17, 15) is 13.2 Å². The maximum absolute atomic E-state index is 12.4. The first-order chi connectivity index (χ1) is 10.8. The fourth-order valence-electron chi connectivity index (χ4n) is 3.19. The number of hydrogen-bond acceptors (Lipinski definition) is 3. The normalized spacial score (nSPS) is 28.7. The van der Waals surface area contributed by atoms with Crippen LogP contribution in [0, 0.1) is 5.92 Å². The Morgan fingerprint density at radius 1 is 1.38 bits per heavy atom. The number of halogens is 4. The van der Waals surface area contributed by atoms with Gasteiger partial charge in [-0.05, 0) is 38.6 Å². The van der Waals surface area contributed by atoms with Crippen LogP contribution in [0.15, 0.2) is 4.99 Å². The van der Waals surface area contributed by atoms with E-state index in [4.69, 9.17) is 4.74 Å². The second kappa shape index (κ2) is 9.42. The Labute approximate surface area is 158 Å². The molecule has 2 fully saturated rings. The van der Waals surface area contributed by atoms with Crippen LogP contribution in [-0.4, -0.2) is 69.0 Å². The van der Waals surface area contributed by atoms with Gasteiger partial charge in [0.25, 0.3) is 0 Å². The van der Waals surface area contributed by atoms with Gasteiger partial charge < -0.3 is 15.4 Å². The third kappa shape index (κ3) is 7.30. The second-order valence-electron chi connectivity index (χ2n) is 6.71. The Hall–Kier alpha value is -0.290. The first kappa shape index (κ1) is 21.8. The summed E-state index contributed by atoms with van der Waals surface area (Å²) in [5, 5.41) is 6.46. The Bertz CT molecular complexity index is 414. The summed E-state index contributed by atoms with van der Waals surface area (Å²) in [6.45, 7) is 4.34. The van der Waals surface area contributed by atoms with Crippen LogP contribution in [0.4, 0.5) is 13.2 Å². The van der Waals surface area contributed by atoms with Gasteiger partial charge >= 0.3 is 6.18 Å². The first-order valence-corrected chi connectivity index (χ1v) is 8.17. The number of alkyl halides is 3. The number of aliphatic imine (C=N–C) groups is 1. The molecule has 24 heavy (non-hydrogen) atoms. The average molecular weight is 464 g/mol. The van der Waals surface area contributed by atoms with Gasteiger partial charge in [0.1, 0.15) is 0 Å². The highest BCUT2D eigenvalue weighted by molar-refractivity contribution is 14.0. The lowest BCUT2D eigenvalue weighted by Gasteiger charge is -2.25. The van der Waals surface area contributed by atoms with Crippen molar-refractivity contribution in [2.24, 2.45) is 10.9 Å². The van der Waals surface area contributed by atoms with Crippen molar-refractivity contribution in [1.82, 2.24) is 15.5 Å². The molecule has 2 heterocycles. The number of guanidine groups is 1. The molecular formula is C15H28F3IN4O. The van der Waals surface area contributed by atoms with E-state index in [2.05, 4.69) is 22.5 Å². The summed E-state index contributed by atoms with van der Waals surface area (Å²) in [7, 11) is 1.69. The average Bonchev–Trinajstić information content (AvgIpc) is 3.07. The monoisotopic (exact) mass is 464 g/mol. The number of rotatable bonds is 5. The molecule has 5 nitrogen and oxygen atoms in total. The van der Waals surface area contributed by atoms with Crippen molar-refractivity contribution >= 4 is 29.9 Å². The highest BCUT2D eigenvalue weighted by Crippen LogP contribution is 2.24. The third-order valence-corrected chi connectivity index (χ3v) is 4.48. The number of nitrogens with zero attached hydrogens (tertiary/aromatic N) is 2. The SMILES string of the molecule is CN=C(NCC1CCN(CC(F)(F)F)C1)NCC1(C)CCCO1.I. The van der Waals surface area contributed by atoms with Gasteiger partial charge in [-0.1, -0.05) is 0 Å². The van der Waals surface area contributed by atoms with Gasteiger partial charge in [-0.15, -0.1) is 24.0 Å². The van der Waals surface area contributed by atoms with E-state index in [1.807, 2.05) is 0 Å². The van der Waals surface area contributed by atoms with Gasteiger partial charge in [0.2, 0.25) is 0 Å². The fourth-order valence-corrected chi connectivity index (χ4v) is 3.19. The second-order valence-corrected chi connectivity index (χ2v) is 6.71. The molecule has 0 spiro atoms. The predicted octanol–water partition coefficient (Wildman–Crippen LogP) is 2.22. The van der Waals surface area contributed by atoms with E-state index in [0.29, 0.717) is 32.1 Å². The Morgan fingerprint density at radius 3 is 2.71 bits per heavy atom. The highest BCUT2D eigenvalue weighted by atomic mass is 127. The lowest BCUT2D eigenvalue weighted by atomic mass is 10.0. The third-order valence-electron chi connectivity index (χ3n) is 4.48. The topological polar surface area (TPSA) is 48.9 Å². The molecule has 0 aromatic carbocycles. The van der Waals surface area contributed by atoms with Crippen LogP contribution in [-0.2, 0) is 4.74 Å². The maximum Gasteiger partial charge on any atom is 0.401 e. The van der Waals surface area contributed by atoms with Crippen LogP contribution in [0.3, 0.4) is 0 Å². The highest BCUT2D eigenvalue weighted by Gasteiger charge is 2.34. The summed E-state index contributed by atoms with van der Waals surface area (Å²) in [6, 6.07) is 0. The van der Waals surface area contributed by atoms with Crippen molar-refractivity contribution in [2.45, 2.75) is 38.0 Å². The summed E-state index contributed by atoms with van der Waals surface area (Å²) in [6.07, 6.45) is -1.25. The van der Waals surface area contributed by atoms with Crippen molar-refractivity contribution in [2.75, 3.05) is 46.4 Å². The van der Waals surface area contributed by atoms with Crippen LogP contribution < -0.4 is 10.6 Å². The summed E-state index contributed by atoms with van der Waals surface area (Å²) < 4.78 is 42.9. The molecule has 0 aromatic heterocycles. The molecule has 0 radical (unpaired) electrons. The van der Waals surface area contributed by atoms with Crippen molar-refractivity contribution in [3.05, 3.63) is 0 Å². The summed E-state index contributed by atoms with van der Waals surface area (Å²) in [4.78, 5) is 5.63. The molecule has 2 unspecified atom stereocenters. The van der Waals surface area contributed by atoms with E-state index in [-0.39, 0.29) is 35.5 Å². The predicted molar refractivity (Wildman–Crippen MR) is 99.0 cm³/mol. The minimum atomic E-state index is -4.11. The summed E-state index contributed by atoms with van der Waals surface area (Å²) in [5.41, 5.74) is -0.158. The number of likely N-dealkylation sites (tertiary alicyclic amines) is 1. The molecule has 142 valence electrons. The largest absolute Gasteiger partial charge is 0.401 e. The molecule has 2 aliphatic rings. The van der Waals surface area contributed by atoms with Crippen molar-refractivity contribution in [1.29, 1.82) is 0 Å². The van der Waals surface area contributed by atoms with E-state index in [0.717, 1.165) is 25.9 Å². The van der Waals surface area contributed by atoms with Gasteiger partial charge in [0.05, 0.1) is 12.1 Å². The smallest absolute Gasteiger partial charge is 0.373 e. The molecule has 0 bridgehead atoms. The molecule has 9 heteroatoms. The number of ether oxygens (including phenoxy) is 1. The molecule has 0 aliphatic carbocycles. The van der Waals surface area contributed by atoms with Crippen LogP contribution in [0.5, 0.6) is 0 Å². The molecule has 0 amide bonds. The molecule has 2 N–H and O–H groups in total. The van der Waals surface area contributed by atoms with Gasteiger partial charge in [0, 0.05) is 33.3 Å². The zero-order chi connectivity index (χ0) is 16.9. The van der Waals surface area contributed by atoms with Gasteiger partial charge in [-0.2, -0.15) is 13.2 Å². The molecule has 2 aliphatic heterocycles. The van der Waals surface area contributed by atoms with E-state index >= 15 is 0 Å². The van der Waals surface area contributed by atoms with E-state index < -0.39 is 12.7 Å². The molecule has 2 rings (SSSR count). The Morgan fingerprint density at radius 2 is 2.12 bits per heavy atom. The molecule has 0 aromatic rings. The zero-order valence-corrected chi connectivity index (χ0v) is 16.6. The zero-order valence-electron chi connectivity index (χ0n) is 14.3. The fraction of sp³-hybridized carbons (Fsp3) is 0.933. The summed E-state index contributed by atoms with van der Waals surface area (Å²) >= 11 is 0. The molecule has 2 atom stereocenters. The Kier molecular flexibility index (Phi) is 8.54. The van der Waals surface area contributed by atoms with Gasteiger partial charge in [-0.25, -0.2) is 0 Å². The lowest BCUT2D eigenvalue weighted by Crippen LogP contribution is -2.46. The molecular weight excluding hydrogens is 436 g/mol. The van der Waals surface area contributed by atoms with Crippen molar-refractivity contribution in [3.63, 3.8) is 0 Å². The maximum atomic E-state index is 12.4. The number of nitrogens with one attached hydrogen (secondary N) is 2. The van der Waals surface area contributed by atoms with Gasteiger partial charge in [0.15, 0.2) is 5.96 Å². The molecule has 2 saturated heterocycles. The first-order valence-electron chi connectivity index (χ1n) is 8.17. The van der Waals surface area contributed by atoms with Crippen molar-refractivity contribution in [3.8, 4) is 0 Å². The van der Waals surface area contributed by atoms with Crippen LogP contribution in [0.25, 0.3) is 0 Å². The van der Waals surface area contributed by atoms with Crippen LogP contribution in [0.2, 0.25) is 0 Å². The number of hydrogen-bond donors (Lipinski definition) is 2. The quantitative estimate of drug-likeness (QED) is 0.373. The van der Waals surface area contributed by atoms with E-state index in [1.165, 1.54) is 4.90 Å². The standard InChI is InChI=1S/C15H27F3N4O.HI/c1-14(5-3-7-23-14)10-21-13(19-2)20-8-12-4-6-22(9-12)11-15(16,17)18;/h12H,3-11H2,1-2H3,(H2,19,20,21);1H. The minimum Gasteiger partial charge on any atom is -0.373 e. The van der Waals surface area contributed by atoms with E-state index in [1.54, 1.807) is 7.05 Å². The molecule has 0 saturated carbocycles. The Balaban J connectivity index is 0.00000288.